The molecule has 0 aliphatic rings. The summed E-state index contributed by atoms with van der Waals surface area (Å²) >= 11 is 5.43. The van der Waals surface area contributed by atoms with Gasteiger partial charge in [-0.3, -0.25) is 0 Å². The minimum absolute atomic E-state index is 0.594. The normalized spacial score (nSPS) is 9.64. The third-order valence-corrected chi connectivity index (χ3v) is 1.30. The summed E-state index contributed by atoms with van der Waals surface area (Å²) in [6, 6.07) is 0. The van der Waals surface area contributed by atoms with Crippen molar-refractivity contribution in [2.45, 2.75) is 13.3 Å². The van der Waals surface area contributed by atoms with E-state index >= 15 is 0 Å². The Balaban J connectivity index is 3.00. The zero-order valence-corrected chi connectivity index (χ0v) is 7.62. The molecule has 0 rings (SSSR count). The second-order valence-electron chi connectivity index (χ2n) is 2.01. The summed E-state index contributed by atoms with van der Waals surface area (Å²) in [5.41, 5.74) is 0. The van der Waals surface area contributed by atoms with Gasteiger partial charge in [0.2, 0.25) is 0 Å². The van der Waals surface area contributed by atoms with Crippen LogP contribution in [0.3, 0.4) is 0 Å². The lowest BCUT2D eigenvalue weighted by atomic mass is 10.4. The predicted molar refractivity (Wildman–Crippen MR) is 50.8 cm³/mol. The van der Waals surface area contributed by atoms with Crippen molar-refractivity contribution < 1.29 is 0 Å². The van der Waals surface area contributed by atoms with Crippen LogP contribution in [0, 0.1) is 11.8 Å². The summed E-state index contributed by atoms with van der Waals surface area (Å²) < 4.78 is 0. The van der Waals surface area contributed by atoms with Crippen LogP contribution in [0.1, 0.15) is 13.3 Å². The quantitative estimate of drug-likeness (QED) is 0.288. The maximum Gasteiger partial charge on any atom is 0.0404 e. The smallest absolute Gasteiger partial charge is 0.0404 e. The molecular formula is C9H14ClN. The molecule has 1 nitrogen and oxygen atoms in total. The number of nitrogens with one attached hydrogen (secondary N) is 1. The Labute approximate surface area is 73.8 Å². The maximum atomic E-state index is 5.43. The molecule has 0 fully saturated rings. The van der Waals surface area contributed by atoms with Crippen LogP contribution in [0.15, 0.2) is 12.2 Å². The number of alkyl halides is 1. The Bertz CT molecular complexity index is 153. The highest BCUT2D eigenvalue weighted by Crippen LogP contribution is 1.77. The molecular weight excluding hydrogens is 158 g/mol. The van der Waals surface area contributed by atoms with Gasteiger partial charge in [0.05, 0.1) is 0 Å². The Morgan fingerprint density at radius 3 is 2.91 bits per heavy atom. The standard InChI is InChI=1S/C9H14ClN/c1-2-3-5-8-11-9-6-4-7-10/h4,6,11H,5,7-9H2,1H3/b6-4+. The summed E-state index contributed by atoms with van der Waals surface area (Å²) in [4.78, 5) is 0. The van der Waals surface area contributed by atoms with Crippen LogP contribution in [0.25, 0.3) is 0 Å². The van der Waals surface area contributed by atoms with Crippen molar-refractivity contribution in [2.24, 2.45) is 0 Å². The van der Waals surface area contributed by atoms with E-state index in [4.69, 9.17) is 11.6 Å². The largest absolute Gasteiger partial charge is 0.312 e. The third-order valence-electron chi connectivity index (χ3n) is 1.12. The molecule has 0 heterocycles. The molecule has 0 unspecified atom stereocenters. The fraction of sp³-hybridized carbons (Fsp3) is 0.556. The van der Waals surface area contributed by atoms with E-state index in [2.05, 4.69) is 17.2 Å². The Morgan fingerprint density at radius 2 is 2.27 bits per heavy atom. The van der Waals surface area contributed by atoms with E-state index in [1.807, 2.05) is 19.1 Å². The highest BCUT2D eigenvalue weighted by Gasteiger charge is 1.78. The average Bonchev–Trinajstić information content (AvgIpc) is 2.03. The number of hydrogen-bond acceptors (Lipinski definition) is 1. The molecule has 0 spiro atoms. The third kappa shape index (κ3) is 9.55. The zero-order chi connectivity index (χ0) is 8.36. The summed E-state index contributed by atoms with van der Waals surface area (Å²) in [5, 5.41) is 3.21. The molecule has 1 N–H and O–H groups in total. The molecule has 0 atom stereocenters. The molecule has 0 bridgehead atoms. The van der Waals surface area contributed by atoms with Gasteiger partial charge in [0.25, 0.3) is 0 Å². The highest BCUT2D eigenvalue weighted by atomic mass is 35.5. The lowest BCUT2D eigenvalue weighted by Gasteiger charge is -1.94. The predicted octanol–water partition coefficient (Wildman–Crippen LogP) is 1.78. The number of allylic oxidation sites excluding steroid dienone is 1. The van der Waals surface area contributed by atoms with E-state index in [0.29, 0.717) is 5.88 Å². The average molecular weight is 172 g/mol. The number of hydrogen-bond donors (Lipinski definition) is 1. The molecule has 62 valence electrons. The minimum Gasteiger partial charge on any atom is -0.312 e. The molecule has 11 heavy (non-hydrogen) atoms. The second-order valence-corrected chi connectivity index (χ2v) is 2.32. The van der Waals surface area contributed by atoms with Crippen LogP contribution >= 0.6 is 11.6 Å². The van der Waals surface area contributed by atoms with Gasteiger partial charge in [0, 0.05) is 25.4 Å². The van der Waals surface area contributed by atoms with Crippen molar-refractivity contribution in [3.05, 3.63) is 12.2 Å². The first kappa shape index (κ1) is 10.6. The lowest BCUT2D eigenvalue weighted by molar-refractivity contribution is 0.764. The molecule has 2 heteroatoms. The monoisotopic (exact) mass is 171 g/mol. The van der Waals surface area contributed by atoms with Gasteiger partial charge in [0.1, 0.15) is 0 Å². The molecule has 0 radical (unpaired) electrons. The van der Waals surface area contributed by atoms with Gasteiger partial charge in [-0.25, -0.2) is 0 Å². The first-order valence-electron chi connectivity index (χ1n) is 3.73. The van der Waals surface area contributed by atoms with E-state index in [0.717, 1.165) is 19.5 Å². The van der Waals surface area contributed by atoms with Gasteiger partial charge in [-0.15, -0.1) is 23.4 Å². The van der Waals surface area contributed by atoms with Crippen LogP contribution in [0.2, 0.25) is 0 Å². The summed E-state index contributed by atoms with van der Waals surface area (Å²) in [7, 11) is 0. The Hall–Kier alpha value is -0.450. The van der Waals surface area contributed by atoms with Crippen molar-refractivity contribution in [2.75, 3.05) is 19.0 Å². The fourth-order valence-corrected chi connectivity index (χ4v) is 0.734. The molecule has 0 aromatic carbocycles. The van der Waals surface area contributed by atoms with Gasteiger partial charge < -0.3 is 5.32 Å². The number of rotatable bonds is 5. The molecule has 0 aliphatic carbocycles. The highest BCUT2D eigenvalue weighted by molar-refractivity contribution is 6.18. The van der Waals surface area contributed by atoms with E-state index in [9.17, 15) is 0 Å². The SMILES string of the molecule is CC#CCCNC/C=C/CCl. The summed E-state index contributed by atoms with van der Waals surface area (Å²) in [6.45, 7) is 3.69. The maximum absolute atomic E-state index is 5.43. The van der Waals surface area contributed by atoms with Crippen LogP contribution in [0.5, 0.6) is 0 Å². The zero-order valence-electron chi connectivity index (χ0n) is 6.86. The van der Waals surface area contributed by atoms with Crippen molar-refractivity contribution >= 4 is 11.6 Å². The van der Waals surface area contributed by atoms with E-state index in [1.54, 1.807) is 0 Å². The van der Waals surface area contributed by atoms with Crippen LogP contribution in [-0.2, 0) is 0 Å². The van der Waals surface area contributed by atoms with Crippen LogP contribution < -0.4 is 5.32 Å². The molecule has 0 saturated carbocycles. The van der Waals surface area contributed by atoms with E-state index in [-0.39, 0.29) is 0 Å². The number of halogens is 1. The molecule has 0 aromatic heterocycles. The van der Waals surface area contributed by atoms with Crippen molar-refractivity contribution in [3.63, 3.8) is 0 Å². The van der Waals surface area contributed by atoms with Gasteiger partial charge in [-0.2, -0.15) is 0 Å². The van der Waals surface area contributed by atoms with Crippen molar-refractivity contribution in [1.82, 2.24) is 5.32 Å². The van der Waals surface area contributed by atoms with Crippen LogP contribution in [0.4, 0.5) is 0 Å². The minimum atomic E-state index is 0.594. The molecule has 0 saturated heterocycles. The second kappa shape index (κ2) is 9.55. The summed E-state index contributed by atoms with van der Waals surface area (Å²) in [5.74, 6) is 6.41. The van der Waals surface area contributed by atoms with Crippen molar-refractivity contribution in [3.8, 4) is 11.8 Å². The van der Waals surface area contributed by atoms with E-state index < -0.39 is 0 Å². The fourth-order valence-electron chi connectivity index (χ4n) is 0.608. The topological polar surface area (TPSA) is 12.0 Å². The molecule has 0 aliphatic heterocycles. The molecule has 0 amide bonds. The van der Waals surface area contributed by atoms with Crippen molar-refractivity contribution in [1.29, 1.82) is 0 Å². The van der Waals surface area contributed by atoms with Gasteiger partial charge in [-0.05, 0) is 6.92 Å². The molecule has 0 aromatic rings. The van der Waals surface area contributed by atoms with Gasteiger partial charge >= 0.3 is 0 Å². The first-order chi connectivity index (χ1) is 5.41. The first-order valence-corrected chi connectivity index (χ1v) is 4.26. The Kier molecular flexibility index (Phi) is 9.16. The summed E-state index contributed by atoms with van der Waals surface area (Å²) in [6.07, 6.45) is 4.87. The van der Waals surface area contributed by atoms with Gasteiger partial charge in [-0.1, -0.05) is 12.2 Å². The van der Waals surface area contributed by atoms with E-state index in [1.165, 1.54) is 0 Å². The van der Waals surface area contributed by atoms with Crippen LogP contribution in [-0.4, -0.2) is 19.0 Å². The Morgan fingerprint density at radius 1 is 1.45 bits per heavy atom. The lowest BCUT2D eigenvalue weighted by Crippen LogP contribution is -2.14. The van der Waals surface area contributed by atoms with Gasteiger partial charge in [0.15, 0.2) is 0 Å².